The van der Waals surface area contributed by atoms with E-state index in [0.717, 1.165) is 32.1 Å². The Labute approximate surface area is 130 Å². The van der Waals surface area contributed by atoms with Crippen LogP contribution in [0.1, 0.15) is 39.0 Å². The summed E-state index contributed by atoms with van der Waals surface area (Å²) in [6, 6.07) is 6.88. The largest absolute Gasteiger partial charge is 0.481 e. The van der Waals surface area contributed by atoms with Crippen molar-refractivity contribution < 1.29 is 14.6 Å². The van der Waals surface area contributed by atoms with E-state index in [1.165, 1.54) is 0 Å². The Kier molecular flexibility index (Phi) is 5.48. The minimum absolute atomic E-state index is 0.219. The molecule has 1 aliphatic rings. The smallest absolute Gasteiger partial charge is 0.260 e. The van der Waals surface area contributed by atoms with E-state index in [-0.39, 0.29) is 5.91 Å². The summed E-state index contributed by atoms with van der Waals surface area (Å²) in [4.78, 5) is 12.0. The Morgan fingerprint density at radius 3 is 2.57 bits per heavy atom. The Balaban J connectivity index is 1.80. The first-order valence-corrected chi connectivity index (χ1v) is 7.79. The van der Waals surface area contributed by atoms with Crippen LogP contribution >= 0.6 is 11.6 Å². The zero-order valence-electron chi connectivity index (χ0n) is 12.3. The van der Waals surface area contributed by atoms with E-state index in [1.54, 1.807) is 31.2 Å². The van der Waals surface area contributed by atoms with Gasteiger partial charge in [0.1, 0.15) is 5.75 Å². The van der Waals surface area contributed by atoms with Crippen LogP contribution in [0.3, 0.4) is 0 Å². The number of carbonyl (C=O) groups excluding carboxylic acids is 1. The molecule has 0 aromatic heterocycles. The molecule has 0 radical (unpaired) electrons. The van der Waals surface area contributed by atoms with Gasteiger partial charge in [-0.3, -0.25) is 4.79 Å². The maximum atomic E-state index is 12.0. The summed E-state index contributed by atoms with van der Waals surface area (Å²) in [5.74, 6) is 0.377. The Hall–Kier alpha value is -1.26. The molecule has 0 saturated heterocycles. The van der Waals surface area contributed by atoms with E-state index in [9.17, 15) is 9.90 Å². The van der Waals surface area contributed by atoms with Gasteiger partial charge in [0.2, 0.25) is 0 Å². The second kappa shape index (κ2) is 7.14. The van der Waals surface area contributed by atoms with E-state index in [1.807, 2.05) is 0 Å². The van der Waals surface area contributed by atoms with Crippen molar-refractivity contribution >= 4 is 17.5 Å². The highest BCUT2D eigenvalue weighted by atomic mass is 35.5. The summed E-state index contributed by atoms with van der Waals surface area (Å²) in [7, 11) is 0. The van der Waals surface area contributed by atoms with Crippen molar-refractivity contribution in [3.05, 3.63) is 29.3 Å². The molecule has 21 heavy (non-hydrogen) atoms. The van der Waals surface area contributed by atoms with E-state index in [2.05, 4.69) is 5.32 Å². The van der Waals surface area contributed by atoms with Crippen LogP contribution in [0.25, 0.3) is 0 Å². The van der Waals surface area contributed by atoms with Gasteiger partial charge in [-0.25, -0.2) is 0 Å². The van der Waals surface area contributed by atoms with Crippen molar-refractivity contribution in [3.63, 3.8) is 0 Å². The molecule has 1 aliphatic carbocycles. The maximum Gasteiger partial charge on any atom is 0.260 e. The SMILES string of the molecule is CC(Oc1ccc(Cl)cc1)C(=O)NCC1(O)CCCCC1. The van der Waals surface area contributed by atoms with E-state index in [0.29, 0.717) is 17.3 Å². The molecule has 0 heterocycles. The number of halogens is 1. The average molecular weight is 312 g/mol. The minimum Gasteiger partial charge on any atom is -0.481 e. The van der Waals surface area contributed by atoms with E-state index in [4.69, 9.17) is 16.3 Å². The lowest BCUT2D eigenvalue weighted by molar-refractivity contribution is -0.128. The molecule has 1 amide bonds. The van der Waals surface area contributed by atoms with Crippen molar-refractivity contribution in [1.29, 1.82) is 0 Å². The van der Waals surface area contributed by atoms with Crippen LogP contribution in [0.2, 0.25) is 5.02 Å². The van der Waals surface area contributed by atoms with Crippen LogP contribution in [0.5, 0.6) is 5.75 Å². The van der Waals surface area contributed by atoms with E-state index < -0.39 is 11.7 Å². The number of aliphatic hydroxyl groups is 1. The summed E-state index contributed by atoms with van der Waals surface area (Å²) in [5, 5.41) is 13.8. The Bertz CT molecular complexity index is 469. The van der Waals surface area contributed by atoms with Gasteiger partial charge in [0.05, 0.1) is 5.60 Å². The number of benzene rings is 1. The molecule has 0 aliphatic heterocycles. The molecular weight excluding hydrogens is 290 g/mol. The average Bonchev–Trinajstić information content (AvgIpc) is 2.48. The third-order valence-corrected chi connectivity index (χ3v) is 4.12. The molecule has 1 aromatic carbocycles. The third-order valence-electron chi connectivity index (χ3n) is 3.87. The van der Waals surface area contributed by atoms with E-state index >= 15 is 0 Å². The zero-order chi connectivity index (χ0) is 15.3. The fraction of sp³-hybridized carbons (Fsp3) is 0.562. The molecule has 1 saturated carbocycles. The number of carbonyl (C=O) groups is 1. The first kappa shape index (κ1) is 16.1. The highest BCUT2D eigenvalue weighted by molar-refractivity contribution is 6.30. The van der Waals surface area contributed by atoms with Gasteiger partial charge in [-0.05, 0) is 44.0 Å². The second-order valence-corrected chi connectivity index (χ2v) is 6.15. The molecule has 0 spiro atoms. The molecular formula is C16H22ClNO3. The highest BCUT2D eigenvalue weighted by Gasteiger charge is 2.30. The summed E-state index contributed by atoms with van der Waals surface area (Å²) in [6.07, 6.45) is 4.08. The summed E-state index contributed by atoms with van der Waals surface area (Å²) < 4.78 is 5.55. The van der Waals surface area contributed by atoms with Crippen LogP contribution in [-0.2, 0) is 4.79 Å². The molecule has 116 valence electrons. The topological polar surface area (TPSA) is 58.6 Å². The number of nitrogens with one attached hydrogen (secondary N) is 1. The van der Waals surface area contributed by atoms with Gasteiger partial charge in [-0.1, -0.05) is 30.9 Å². The van der Waals surface area contributed by atoms with Crippen molar-refractivity contribution in [1.82, 2.24) is 5.32 Å². The first-order chi connectivity index (χ1) is 9.98. The third kappa shape index (κ3) is 4.90. The molecule has 2 rings (SSSR count). The monoisotopic (exact) mass is 311 g/mol. The van der Waals surface area contributed by atoms with Gasteiger partial charge in [-0.15, -0.1) is 0 Å². The minimum atomic E-state index is -0.756. The fourth-order valence-corrected chi connectivity index (χ4v) is 2.68. The van der Waals surface area contributed by atoms with Gasteiger partial charge >= 0.3 is 0 Å². The molecule has 4 nitrogen and oxygen atoms in total. The lowest BCUT2D eigenvalue weighted by Crippen LogP contribution is -2.47. The van der Waals surface area contributed by atoms with Crippen LogP contribution < -0.4 is 10.1 Å². The van der Waals surface area contributed by atoms with Crippen molar-refractivity contribution in [2.75, 3.05) is 6.54 Å². The lowest BCUT2D eigenvalue weighted by atomic mass is 9.85. The van der Waals surface area contributed by atoms with Crippen LogP contribution in [0.15, 0.2) is 24.3 Å². The standard InChI is InChI=1S/C16H22ClNO3/c1-12(21-14-7-5-13(17)6-8-14)15(19)18-11-16(20)9-3-2-4-10-16/h5-8,12,20H,2-4,9-11H2,1H3,(H,18,19). The fourth-order valence-electron chi connectivity index (χ4n) is 2.55. The predicted molar refractivity (Wildman–Crippen MR) is 82.6 cm³/mol. The number of rotatable bonds is 5. The van der Waals surface area contributed by atoms with Gasteiger partial charge in [0.25, 0.3) is 5.91 Å². The summed E-state index contributed by atoms with van der Waals surface area (Å²) >= 11 is 5.80. The second-order valence-electron chi connectivity index (χ2n) is 5.72. The number of amides is 1. The molecule has 0 bridgehead atoms. The molecule has 1 fully saturated rings. The summed E-state index contributed by atoms with van der Waals surface area (Å²) in [6.45, 7) is 1.98. The normalized spacial score (nSPS) is 18.8. The van der Waals surface area contributed by atoms with Crippen LogP contribution in [-0.4, -0.2) is 29.3 Å². The van der Waals surface area contributed by atoms with Crippen molar-refractivity contribution in [2.45, 2.75) is 50.7 Å². The van der Waals surface area contributed by atoms with Gasteiger partial charge in [0, 0.05) is 11.6 Å². The first-order valence-electron chi connectivity index (χ1n) is 7.41. The van der Waals surface area contributed by atoms with Gasteiger partial charge in [-0.2, -0.15) is 0 Å². The maximum absolute atomic E-state index is 12.0. The molecule has 2 N–H and O–H groups in total. The molecule has 5 heteroatoms. The van der Waals surface area contributed by atoms with Crippen LogP contribution in [0, 0.1) is 0 Å². The van der Waals surface area contributed by atoms with Crippen molar-refractivity contribution in [3.8, 4) is 5.75 Å². The number of hydrogen-bond acceptors (Lipinski definition) is 3. The Morgan fingerprint density at radius 1 is 1.33 bits per heavy atom. The predicted octanol–water partition coefficient (Wildman–Crippen LogP) is 2.92. The molecule has 1 unspecified atom stereocenters. The number of ether oxygens (including phenoxy) is 1. The molecule has 1 aromatic rings. The zero-order valence-corrected chi connectivity index (χ0v) is 13.0. The highest BCUT2D eigenvalue weighted by Crippen LogP contribution is 2.27. The number of hydrogen-bond donors (Lipinski definition) is 2. The van der Waals surface area contributed by atoms with Crippen LogP contribution in [0.4, 0.5) is 0 Å². The van der Waals surface area contributed by atoms with Gasteiger partial charge in [0.15, 0.2) is 6.10 Å². The summed E-state index contributed by atoms with van der Waals surface area (Å²) in [5.41, 5.74) is -0.756. The lowest BCUT2D eigenvalue weighted by Gasteiger charge is -2.32. The molecule has 1 atom stereocenters. The quantitative estimate of drug-likeness (QED) is 0.879. The Morgan fingerprint density at radius 2 is 1.95 bits per heavy atom. The van der Waals surface area contributed by atoms with Crippen molar-refractivity contribution in [2.24, 2.45) is 0 Å². The van der Waals surface area contributed by atoms with Gasteiger partial charge < -0.3 is 15.2 Å².